The van der Waals surface area contributed by atoms with Crippen molar-refractivity contribution in [3.63, 3.8) is 0 Å². The molecule has 0 saturated carbocycles. The van der Waals surface area contributed by atoms with Gasteiger partial charge in [-0.1, -0.05) is 36.4 Å². The summed E-state index contributed by atoms with van der Waals surface area (Å²) in [5, 5.41) is 6.40. The van der Waals surface area contributed by atoms with Crippen molar-refractivity contribution in [1.82, 2.24) is 10.4 Å². The lowest BCUT2D eigenvalue weighted by Crippen LogP contribution is -2.01. The van der Waals surface area contributed by atoms with Crippen LogP contribution in [0, 0.1) is 0 Å². The second kappa shape index (κ2) is 5.35. The van der Waals surface area contributed by atoms with Crippen molar-refractivity contribution in [2.24, 2.45) is 0 Å². The van der Waals surface area contributed by atoms with Crippen LogP contribution in [0.4, 0.5) is 0 Å². The number of aromatic nitrogens is 2. The van der Waals surface area contributed by atoms with Crippen LogP contribution in [-0.2, 0) is 6.42 Å². The van der Waals surface area contributed by atoms with E-state index >= 15 is 0 Å². The maximum absolute atomic E-state index is 5.78. The first-order chi connectivity index (χ1) is 9.43. The van der Waals surface area contributed by atoms with Crippen molar-refractivity contribution in [2.75, 3.05) is 0 Å². The molecule has 0 spiro atoms. The maximum atomic E-state index is 5.78. The minimum Gasteiger partial charge on any atom is -0.457 e. The molecule has 1 aliphatic heterocycles. The van der Waals surface area contributed by atoms with E-state index in [2.05, 4.69) is 39.2 Å². The van der Waals surface area contributed by atoms with Gasteiger partial charge in [0.1, 0.15) is 17.8 Å². The highest BCUT2D eigenvalue weighted by Gasteiger charge is 2.14. The van der Waals surface area contributed by atoms with Crippen LogP contribution in [0.25, 0.3) is 0 Å². The summed E-state index contributed by atoms with van der Waals surface area (Å²) in [5.41, 5.74) is 2.54. The van der Waals surface area contributed by atoms with Crippen LogP contribution in [0.1, 0.15) is 11.1 Å². The average Bonchev–Trinajstić information content (AvgIpc) is 3.04. The van der Waals surface area contributed by atoms with Crippen molar-refractivity contribution in [3.05, 3.63) is 72.1 Å². The SMILES string of the molecule is c1ccc2c(c1)Cc1ccccc1O2.c1conn1. The Balaban J connectivity index is 0.000000187. The Morgan fingerprint density at radius 2 is 1.47 bits per heavy atom. The van der Waals surface area contributed by atoms with Crippen molar-refractivity contribution >= 4 is 0 Å². The number of benzene rings is 2. The van der Waals surface area contributed by atoms with Gasteiger partial charge in [0.25, 0.3) is 0 Å². The largest absolute Gasteiger partial charge is 0.457 e. The summed E-state index contributed by atoms with van der Waals surface area (Å²) in [6, 6.07) is 16.4. The van der Waals surface area contributed by atoms with Gasteiger partial charge in [0, 0.05) is 11.7 Å². The lowest BCUT2D eigenvalue weighted by molar-refractivity contribution is 0.393. The van der Waals surface area contributed by atoms with Crippen molar-refractivity contribution < 1.29 is 9.26 Å². The molecule has 4 heteroatoms. The number of nitrogens with zero attached hydrogens (tertiary/aromatic N) is 2. The highest BCUT2D eigenvalue weighted by molar-refractivity contribution is 5.49. The molecule has 0 unspecified atom stereocenters. The molecule has 0 amide bonds. The van der Waals surface area contributed by atoms with E-state index in [0.717, 1.165) is 17.9 Å². The summed E-state index contributed by atoms with van der Waals surface area (Å²) in [7, 11) is 0. The van der Waals surface area contributed by atoms with Crippen LogP contribution in [0.5, 0.6) is 11.5 Å². The molecule has 0 N–H and O–H groups in total. The molecule has 1 aliphatic rings. The normalized spacial score (nSPS) is 11.4. The number of fused-ring (bicyclic) bond motifs is 2. The molecule has 2 aromatic carbocycles. The van der Waals surface area contributed by atoms with E-state index in [-0.39, 0.29) is 0 Å². The monoisotopic (exact) mass is 252 g/mol. The molecule has 4 nitrogen and oxygen atoms in total. The van der Waals surface area contributed by atoms with Gasteiger partial charge in [0.15, 0.2) is 0 Å². The second-order valence-corrected chi connectivity index (χ2v) is 4.08. The van der Waals surface area contributed by atoms with E-state index in [1.165, 1.54) is 23.6 Å². The average molecular weight is 252 g/mol. The highest BCUT2D eigenvalue weighted by atomic mass is 16.5. The topological polar surface area (TPSA) is 48.2 Å². The third-order valence-electron chi connectivity index (χ3n) is 2.83. The summed E-state index contributed by atoms with van der Waals surface area (Å²) in [6.45, 7) is 0. The smallest absolute Gasteiger partial charge is 0.144 e. The molecule has 0 radical (unpaired) electrons. The Morgan fingerprint density at radius 1 is 0.842 bits per heavy atom. The Bertz CT molecular complexity index is 546. The minimum atomic E-state index is 0.979. The Morgan fingerprint density at radius 3 is 1.95 bits per heavy atom. The second-order valence-electron chi connectivity index (χ2n) is 4.08. The summed E-state index contributed by atoms with van der Waals surface area (Å²) in [6.07, 6.45) is 3.85. The highest BCUT2D eigenvalue weighted by Crippen LogP contribution is 2.35. The first kappa shape index (κ1) is 11.5. The summed E-state index contributed by atoms with van der Waals surface area (Å²) >= 11 is 0. The summed E-state index contributed by atoms with van der Waals surface area (Å²) in [5.74, 6) is 1.98. The fraction of sp³-hybridized carbons (Fsp3) is 0.0667. The molecular weight excluding hydrogens is 240 g/mol. The molecule has 0 bridgehead atoms. The summed E-state index contributed by atoms with van der Waals surface area (Å²) < 4.78 is 10.00. The number of hydrogen-bond donors (Lipinski definition) is 0. The van der Waals surface area contributed by atoms with Crippen LogP contribution in [0.3, 0.4) is 0 Å². The van der Waals surface area contributed by atoms with E-state index in [0.29, 0.717) is 0 Å². The van der Waals surface area contributed by atoms with Crippen molar-refractivity contribution in [2.45, 2.75) is 6.42 Å². The van der Waals surface area contributed by atoms with E-state index in [9.17, 15) is 0 Å². The zero-order chi connectivity index (χ0) is 12.9. The molecule has 2 heterocycles. The molecule has 0 fully saturated rings. The fourth-order valence-electron chi connectivity index (χ4n) is 1.96. The number of para-hydroxylation sites is 2. The first-order valence-electron chi connectivity index (χ1n) is 5.98. The lowest BCUT2D eigenvalue weighted by Gasteiger charge is -2.19. The van der Waals surface area contributed by atoms with E-state index in [4.69, 9.17) is 4.74 Å². The predicted octanol–water partition coefficient (Wildman–Crippen LogP) is 3.45. The fourth-order valence-corrected chi connectivity index (χ4v) is 1.96. The van der Waals surface area contributed by atoms with Crippen LogP contribution in [0.15, 0.2) is 65.5 Å². The number of hydrogen-bond acceptors (Lipinski definition) is 4. The Kier molecular flexibility index (Phi) is 3.23. The van der Waals surface area contributed by atoms with Crippen LogP contribution >= 0.6 is 0 Å². The van der Waals surface area contributed by atoms with Gasteiger partial charge < -0.3 is 9.26 Å². The van der Waals surface area contributed by atoms with Gasteiger partial charge in [0.2, 0.25) is 0 Å². The number of rotatable bonds is 0. The van der Waals surface area contributed by atoms with Crippen LogP contribution in [-0.4, -0.2) is 10.4 Å². The maximum Gasteiger partial charge on any atom is 0.144 e. The molecule has 0 saturated heterocycles. The molecular formula is C15H12N2O2. The molecule has 4 rings (SSSR count). The third kappa shape index (κ3) is 2.63. The molecule has 0 aliphatic carbocycles. The standard InChI is InChI=1S/C13H10O.C2H2N2O/c1-3-7-12-10(5-1)9-11-6-2-4-8-13(11)14-12;1-2-5-4-3-1/h1-8H,9H2;1-2H. The van der Waals surface area contributed by atoms with Gasteiger partial charge in [-0.3, -0.25) is 0 Å². The molecule has 19 heavy (non-hydrogen) atoms. The van der Waals surface area contributed by atoms with E-state index < -0.39 is 0 Å². The molecule has 0 atom stereocenters. The zero-order valence-electron chi connectivity index (χ0n) is 10.2. The van der Waals surface area contributed by atoms with Gasteiger partial charge in [0.05, 0.1) is 6.20 Å². The van der Waals surface area contributed by atoms with Gasteiger partial charge in [-0.25, -0.2) is 0 Å². The van der Waals surface area contributed by atoms with Crippen LogP contribution < -0.4 is 4.74 Å². The molecule has 1 aromatic heterocycles. The third-order valence-corrected chi connectivity index (χ3v) is 2.83. The minimum absolute atomic E-state index is 0.979. The van der Waals surface area contributed by atoms with E-state index in [1.54, 1.807) is 0 Å². The molecule has 94 valence electrons. The van der Waals surface area contributed by atoms with Gasteiger partial charge in [-0.15, -0.1) is 5.10 Å². The summed E-state index contributed by atoms with van der Waals surface area (Å²) in [4.78, 5) is 0. The van der Waals surface area contributed by atoms with Crippen molar-refractivity contribution in [3.8, 4) is 11.5 Å². The van der Waals surface area contributed by atoms with Crippen molar-refractivity contribution in [1.29, 1.82) is 0 Å². The number of ether oxygens (including phenoxy) is 1. The quantitative estimate of drug-likeness (QED) is 0.481. The first-order valence-corrected chi connectivity index (χ1v) is 5.98. The lowest BCUT2D eigenvalue weighted by atomic mass is 10.0. The predicted molar refractivity (Wildman–Crippen MR) is 70.1 cm³/mol. The zero-order valence-corrected chi connectivity index (χ0v) is 10.2. The van der Waals surface area contributed by atoms with Gasteiger partial charge in [-0.05, 0) is 23.3 Å². The molecule has 3 aromatic rings. The van der Waals surface area contributed by atoms with Crippen LogP contribution in [0.2, 0.25) is 0 Å². The Hall–Kier alpha value is -2.62. The van der Waals surface area contributed by atoms with Gasteiger partial charge >= 0.3 is 0 Å². The van der Waals surface area contributed by atoms with Gasteiger partial charge in [-0.2, -0.15) is 0 Å². The Labute approximate surface area is 110 Å². The van der Waals surface area contributed by atoms with E-state index in [1.807, 2.05) is 24.3 Å².